The van der Waals surface area contributed by atoms with Crippen LogP contribution in [-0.4, -0.2) is 54.0 Å². The summed E-state index contributed by atoms with van der Waals surface area (Å²) in [6, 6.07) is 25.7. The molecule has 0 bridgehead atoms. The number of hydrogen-bond acceptors (Lipinski definition) is 5. The fourth-order valence-electron chi connectivity index (χ4n) is 4.39. The van der Waals surface area contributed by atoms with Crippen molar-refractivity contribution in [1.82, 2.24) is 20.0 Å². The fourth-order valence-corrected chi connectivity index (χ4v) is 4.39. The number of rotatable bonds is 8. The van der Waals surface area contributed by atoms with Gasteiger partial charge < -0.3 is 14.8 Å². The normalized spacial score (nSPS) is 13.9. The first kappa shape index (κ1) is 23.8. The zero-order chi connectivity index (χ0) is 24.7. The summed E-state index contributed by atoms with van der Waals surface area (Å²) >= 11 is 0. The van der Waals surface area contributed by atoms with Crippen LogP contribution in [0, 0.1) is 0 Å². The van der Waals surface area contributed by atoms with Gasteiger partial charge >= 0.3 is 0 Å². The van der Waals surface area contributed by atoms with E-state index in [9.17, 15) is 4.79 Å². The minimum absolute atomic E-state index is 0.170. The Morgan fingerprint density at radius 2 is 1.72 bits per heavy atom. The van der Waals surface area contributed by atoms with Crippen LogP contribution in [0.2, 0.25) is 0 Å². The number of hydrogen-bond donors (Lipinski definition) is 1. The van der Waals surface area contributed by atoms with Gasteiger partial charge in [-0.3, -0.25) is 9.69 Å². The minimum atomic E-state index is -0.170. The highest BCUT2D eigenvalue weighted by molar-refractivity contribution is 6.00. The Bertz CT molecular complexity index is 1310. The molecule has 7 heteroatoms. The molecule has 3 aromatic carbocycles. The van der Waals surface area contributed by atoms with E-state index >= 15 is 0 Å². The number of nitrogens with zero attached hydrogens (tertiary/aromatic N) is 3. The monoisotopic (exact) mass is 482 g/mol. The van der Waals surface area contributed by atoms with E-state index in [1.807, 2.05) is 66.7 Å². The van der Waals surface area contributed by atoms with Crippen molar-refractivity contribution in [3.63, 3.8) is 0 Å². The topological polar surface area (TPSA) is 68.6 Å². The SMILES string of the molecule is COc1cccc(-c2nn(-c3ccccc3)cc2C(=O)NCc2ccccc2CN2CCOCC2)c1. The van der Waals surface area contributed by atoms with Gasteiger partial charge in [0.15, 0.2) is 0 Å². The van der Waals surface area contributed by atoms with E-state index in [-0.39, 0.29) is 5.91 Å². The smallest absolute Gasteiger partial charge is 0.255 e. The number of nitrogens with one attached hydrogen (secondary N) is 1. The highest BCUT2D eigenvalue weighted by Gasteiger charge is 2.20. The Morgan fingerprint density at radius 1 is 0.972 bits per heavy atom. The molecule has 0 radical (unpaired) electrons. The summed E-state index contributed by atoms with van der Waals surface area (Å²) in [5.41, 5.74) is 5.15. The molecule has 0 spiro atoms. The predicted molar refractivity (Wildman–Crippen MR) is 139 cm³/mol. The number of aromatic nitrogens is 2. The van der Waals surface area contributed by atoms with Crippen LogP contribution in [0.1, 0.15) is 21.5 Å². The fraction of sp³-hybridized carbons (Fsp3) is 0.241. The van der Waals surface area contributed by atoms with Gasteiger partial charge in [0.2, 0.25) is 0 Å². The standard InChI is InChI=1S/C29H30N4O3/c1-35-26-13-7-10-22(18-26)28-27(21-33(31-28)25-11-3-2-4-12-25)29(34)30-19-23-8-5-6-9-24(23)20-32-14-16-36-17-15-32/h2-13,18,21H,14-17,19-20H2,1H3,(H,30,34). The third kappa shape index (κ3) is 5.48. The quantitative estimate of drug-likeness (QED) is 0.405. The number of amides is 1. The first-order valence-corrected chi connectivity index (χ1v) is 12.2. The van der Waals surface area contributed by atoms with Gasteiger partial charge in [0.25, 0.3) is 5.91 Å². The molecule has 1 fully saturated rings. The molecule has 1 amide bonds. The van der Waals surface area contributed by atoms with Crippen LogP contribution in [0.25, 0.3) is 16.9 Å². The van der Waals surface area contributed by atoms with E-state index in [1.165, 1.54) is 5.56 Å². The van der Waals surface area contributed by atoms with Gasteiger partial charge in [-0.05, 0) is 35.4 Å². The Kier molecular flexibility index (Phi) is 7.40. The molecule has 0 aliphatic carbocycles. The van der Waals surface area contributed by atoms with Crippen LogP contribution >= 0.6 is 0 Å². The van der Waals surface area contributed by atoms with Crippen LogP contribution in [0.5, 0.6) is 5.75 Å². The van der Waals surface area contributed by atoms with Gasteiger partial charge in [0, 0.05) is 37.9 Å². The van der Waals surface area contributed by atoms with Crippen molar-refractivity contribution in [2.24, 2.45) is 0 Å². The zero-order valence-electron chi connectivity index (χ0n) is 20.4. The second kappa shape index (κ2) is 11.2. The van der Waals surface area contributed by atoms with Crippen molar-refractivity contribution < 1.29 is 14.3 Å². The molecular weight excluding hydrogens is 452 g/mol. The van der Waals surface area contributed by atoms with Gasteiger partial charge in [-0.15, -0.1) is 0 Å². The zero-order valence-corrected chi connectivity index (χ0v) is 20.4. The summed E-state index contributed by atoms with van der Waals surface area (Å²) in [5, 5.41) is 7.91. The van der Waals surface area contributed by atoms with Crippen LogP contribution in [0.3, 0.4) is 0 Å². The van der Waals surface area contributed by atoms with Gasteiger partial charge in [-0.1, -0.05) is 54.6 Å². The van der Waals surface area contributed by atoms with Crippen molar-refractivity contribution in [3.8, 4) is 22.7 Å². The molecule has 0 unspecified atom stereocenters. The van der Waals surface area contributed by atoms with E-state index in [1.54, 1.807) is 18.0 Å². The van der Waals surface area contributed by atoms with Gasteiger partial charge in [-0.25, -0.2) is 4.68 Å². The third-order valence-electron chi connectivity index (χ3n) is 6.38. The molecular formula is C29H30N4O3. The average molecular weight is 483 g/mol. The van der Waals surface area contributed by atoms with Crippen molar-refractivity contribution in [2.75, 3.05) is 33.4 Å². The number of carbonyl (C=O) groups excluding carboxylic acids is 1. The number of para-hydroxylation sites is 1. The van der Waals surface area contributed by atoms with Crippen molar-refractivity contribution in [2.45, 2.75) is 13.1 Å². The number of carbonyl (C=O) groups is 1. The lowest BCUT2D eigenvalue weighted by Crippen LogP contribution is -2.36. The molecule has 5 rings (SSSR count). The molecule has 184 valence electrons. The number of methoxy groups -OCH3 is 1. The lowest BCUT2D eigenvalue weighted by atomic mass is 10.1. The maximum absolute atomic E-state index is 13.5. The predicted octanol–water partition coefficient (Wildman–Crippen LogP) is 4.31. The molecule has 0 saturated carbocycles. The van der Waals surface area contributed by atoms with E-state index < -0.39 is 0 Å². The van der Waals surface area contributed by atoms with E-state index in [2.05, 4.69) is 22.3 Å². The third-order valence-corrected chi connectivity index (χ3v) is 6.38. The van der Waals surface area contributed by atoms with E-state index in [4.69, 9.17) is 14.6 Å². The van der Waals surface area contributed by atoms with Crippen LogP contribution < -0.4 is 10.1 Å². The molecule has 2 heterocycles. The molecule has 1 aromatic heterocycles. The molecule has 7 nitrogen and oxygen atoms in total. The van der Waals surface area contributed by atoms with Crippen molar-refractivity contribution in [1.29, 1.82) is 0 Å². The highest BCUT2D eigenvalue weighted by Crippen LogP contribution is 2.27. The second-order valence-electron chi connectivity index (χ2n) is 8.74. The maximum Gasteiger partial charge on any atom is 0.255 e. The summed E-state index contributed by atoms with van der Waals surface area (Å²) in [5.74, 6) is 0.543. The minimum Gasteiger partial charge on any atom is -0.497 e. The maximum atomic E-state index is 13.5. The Balaban J connectivity index is 1.40. The first-order valence-electron chi connectivity index (χ1n) is 12.2. The van der Waals surface area contributed by atoms with Crippen molar-refractivity contribution in [3.05, 3.63) is 102 Å². The Morgan fingerprint density at radius 3 is 2.50 bits per heavy atom. The molecule has 1 aliphatic heterocycles. The van der Waals surface area contributed by atoms with Gasteiger partial charge in [0.1, 0.15) is 11.4 Å². The second-order valence-corrected chi connectivity index (χ2v) is 8.74. The summed E-state index contributed by atoms with van der Waals surface area (Å²) < 4.78 is 12.6. The van der Waals surface area contributed by atoms with E-state index in [0.717, 1.165) is 49.7 Å². The first-order chi connectivity index (χ1) is 17.7. The number of ether oxygens (including phenoxy) is 2. The lowest BCUT2D eigenvalue weighted by molar-refractivity contribution is 0.0340. The summed E-state index contributed by atoms with van der Waals surface area (Å²) in [6.07, 6.45) is 1.79. The van der Waals surface area contributed by atoms with Crippen molar-refractivity contribution >= 4 is 5.91 Å². The molecule has 4 aromatic rings. The number of morpholine rings is 1. The van der Waals surface area contributed by atoms with Crippen LogP contribution in [-0.2, 0) is 17.8 Å². The molecule has 36 heavy (non-hydrogen) atoms. The Hall–Kier alpha value is -3.94. The average Bonchev–Trinajstić information content (AvgIpc) is 3.39. The molecule has 1 aliphatic rings. The molecule has 1 saturated heterocycles. The molecule has 1 N–H and O–H groups in total. The summed E-state index contributed by atoms with van der Waals surface area (Å²) in [7, 11) is 1.63. The van der Waals surface area contributed by atoms with E-state index in [0.29, 0.717) is 23.6 Å². The van der Waals surface area contributed by atoms with Crippen LogP contribution in [0.4, 0.5) is 0 Å². The lowest BCUT2D eigenvalue weighted by Gasteiger charge is -2.27. The number of benzene rings is 3. The molecule has 0 atom stereocenters. The highest BCUT2D eigenvalue weighted by atomic mass is 16.5. The summed E-state index contributed by atoms with van der Waals surface area (Å²) in [4.78, 5) is 15.9. The largest absolute Gasteiger partial charge is 0.497 e. The summed E-state index contributed by atoms with van der Waals surface area (Å²) in [6.45, 7) is 4.64. The van der Waals surface area contributed by atoms with Gasteiger partial charge in [-0.2, -0.15) is 5.10 Å². The van der Waals surface area contributed by atoms with Crippen LogP contribution in [0.15, 0.2) is 85.1 Å². The van der Waals surface area contributed by atoms with Gasteiger partial charge in [0.05, 0.1) is 31.6 Å². The Labute approximate surface area is 211 Å².